The smallest absolute Gasteiger partial charge is 0.497 e. The van der Waals surface area contributed by atoms with Crippen LogP contribution in [-0.2, 0) is 6.54 Å². The van der Waals surface area contributed by atoms with E-state index in [0.29, 0.717) is 29.4 Å². The highest BCUT2D eigenvalue weighted by atomic mass is 32.2. The summed E-state index contributed by atoms with van der Waals surface area (Å²) in [5.74, 6) is 1.57. The second-order valence-electron chi connectivity index (χ2n) is 7.97. The van der Waals surface area contributed by atoms with Crippen molar-refractivity contribution < 1.29 is 32.1 Å². The first-order chi connectivity index (χ1) is 19.7. The highest BCUT2D eigenvalue weighted by molar-refractivity contribution is 8.00. The minimum absolute atomic E-state index is 0.260. The molecule has 1 aromatic heterocycles. The average molecular weight is 604 g/mol. The van der Waals surface area contributed by atoms with Crippen LogP contribution in [0.2, 0.25) is 0 Å². The maximum absolute atomic E-state index is 12.5. The van der Waals surface area contributed by atoms with Crippen LogP contribution in [-0.4, -0.2) is 25.6 Å². The van der Waals surface area contributed by atoms with Crippen LogP contribution in [0.1, 0.15) is 30.5 Å². The fourth-order valence-corrected chi connectivity index (χ4v) is 5.21. The number of aryl methyl sites for hydroxylation is 1. The van der Waals surface area contributed by atoms with E-state index < -0.39 is 6.36 Å². The molecule has 0 N–H and O–H groups in total. The summed E-state index contributed by atoms with van der Waals surface area (Å²) in [4.78, 5) is 5.20. The number of rotatable bonds is 10. The molecule has 0 aliphatic carbocycles. The Labute approximate surface area is 245 Å². The zero-order chi connectivity index (χ0) is 30.0. The Hall–Kier alpha value is -4.08. The van der Waals surface area contributed by atoms with Gasteiger partial charge in [0, 0.05) is 28.1 Å². The molecule has 0 radical (unpaired) electrons. The van der Waals surface area contributed by atoms with Gasteiger partial charge in [0.15, 0.2) is 5.13 Å². The maximum Gasteiger partial charge on any atom is 0.573 e. The van der Waals surface area contributed by atoms with E-state index >= 15 is 0 Å². The molecule has 0 atom stereocenters. The third-order valence-electron chi connectivity index (χ3n) is 5.33. The third-order valence-corrected chi connectivity index (χ3v) is 7.22. The lowest BCUT2D eigenvalue weighted by Crippen LogP contribution is -2.17. The summed E-state index contributed by atoms with van der Waals surface area (Å²) in [6, 6.07) is 16.6. The number of anilines is 1. The van der Waals surface area contributed by atoms with Gasteiger partial charge in [0.1, 0.15) is 34.8 Å². The summed E-state index contributed by atoms with van der Waals surface area (Å²) in [5, 5.41) is 12.4. The van der Waals surface area contributed by atoms with Crippen molar-refractivity contribution in [2.75, 3.05) is 18.5 Å². The van der Waals surface area contributed by atoms with Crippen LogP contribution in [0.15, 0.2) is 71.1 Å². The quantitative estimate of drug-likeness (QED) is 0.167. The fraction of sp³-hybridized carbons (Fsp3) is 0.241. The predicted molar refractivity (Wildman–Crippen MR) is 154 cm³/mol. The Balaban J connectivity index is 0.00000226. The minimum Gasteiger partial charge on any atom is -0.497 e. The number of benzene rings is 3. The van der Waals surface area contributed by atoms with Crippen LogP contribution in [0.25, 0.3) is 0 Å². The molecule has 4 aromatic rings. The molecule has 0 amide bonds. The average Bonchev–Trinajstić information content (AvgIpc) is 3.50. The number of nitriles is 1. The number of nitrogens with zero attached hydrogens (tertiary/aromatic N) is 3. The van der Waals surface area contributed by atoms with Gasteiger partial charge < -0.3 is 18.9 Å². The lowest BCUT2D eigenvalue weighted by atomic mass is 10.2. The fourth-order valence-electron chi connectivity index (χ4n) is 3.54. The van der Waals surface area contributed by atoms with Gasteiger partial charge in [-0.1, -0.05) is 13.8 Å². The number of methoxy groups -OCH3 is 2. The maximum atomic E-state index is 12.5. The third kappa shape index (κ3) is 8.70. The SMILES string of the molecule is CC.COc1ccc(CN(Sc2ccc(Oc3ccc(OC(F)(F)F)cc3C)c(C#N)c2)c2nccs2)c(OC)c1. The molecule has 216 valence electrons. The molecular formula is C29H28F3N3O4S2. The number of hydrogen-bond acceptors (Lipinski definition) is 9. The molecule has 0 fully saturated rings. The van der Waals surface area contributed by atoms with Crippen molar-refractivity contribution in [2.45, 2.75) is 38.6 Å². The van der Waals surface area contributed by atoms with Crippen molar-refractivity contribution in [1.29, 1.82) is 5.26 Å². The molecule has 41 heavy (non-hydrogen) atoms. The summed E-state index contributed by atoms with van der Waals surface area (Å²) in [6.45, 7) is 6.05. The Morgan fingerprint density at radius 1 is 0.951 bits per heavy atom. The Kier molecular flexibility index (Phi) is 11.1. The van der Waals surface area contributed by atoms with E-state index in [9.17, 15) is 18.4 Å². The molecule has 1 heterocycles. The van der Waals surface area contributed by atoms with Crippen molar-refractivity contribution in [3.63, 3.8) is 0 Å². The van der Waals surface area contributed by atoms with E-state index in [1.54, 1.807) is 45.5 Å². The van der Waals surface area contributed by atoms with Gasteiger partial charge in [0.05, 0.1) is 26.3 Å². The normalized spacial score (nSPS) is 10.6. The number of alkyl halides is 3. The standard InChI is InChI=1S/C27H22F3N3O4S2.C2H6/c1-17-12-21(37-27(28,29)30)6-8-23(17)36-24-9-7-22(13-19(24)15-31)39-33(26-32-10-11-38-26)16-18-4-5-20(34-2)14-25(18)35-3;1-2/h4-14H,16H2,1-3H3;1-2H3. The van der Waals surface area contributed by atoms with Crippen LogP contribution in [0.4, 0.5) is 18.3 Å². The van der Waals surface area contributed by atoms with Crippen molar-refractivity contribution in [3.05, 3.63) is 82.9 Å². The molecule has 0 unspecified atom stereocenters. The van der Waals surface area contributed by atoms with Crippen molar-refractivity contribution in [2.24, 2.45) is 0 Å². The molecule has 7 nitrogen and oxygen atoms in total. The molecule has 0 aliphatic heterocycles. The first-order valence-electron chi connectivity index (χ1n) is 12.3. The molecule has 0 bridgehead atoms. The van der Waals surface area contributed by atoms with Gasteiger partial charge in [-0.3, -0.25) is 4.31 Å². The van der Waals surface area contributed by atoms with E-state index in [1.165, 1.54) is 35.4 Å². The van der Waals surface area contributed by atoms with Gasteiger partial charge in [0.25, 0.3) is 0 Å². The van der Waals surface area contributed by atoms with Crippen LogP contribution < -0.4 is 23.3 Å². The Morgan fingerprint density at radius 3 is 2.29 bits per heavy atom. The summed E-state index contributed by atoms with van der Waals surface area (Å²) in [7, 11) is 3.18. The lowest BCUT2D eigenvalue weighted by Gasteiger charge is -2.22. The van der Waals surface area contributed by atoms with Gasteiger partial charge in [-0.05, 0) is 73.0 Å². The van der Waals surface area contributed by atoms with Gasteiger partial charge >= 0.3 is 6.36 Å². The number of halogens is 3. The molecular weight excluding hydrogens is 575 g/mol. The van der Waals surface area contributed by atoms with E-state index in [4.69, 9.17) is 14.2 Å². The number of ether oxygens (including phenoxy) is 4. The molecule has 0 spiro atoms. The lowest BCUT2D eigenvalue weighted by molar-refractivity contribution is -0.274. The Bertz CT molecular complexity index is 1480. The van der Waals surface area contributed by atoms with E-state index in [-0.39, 0.29) is 17.1 Å². The van der Waals surface area contributed by atoms with Crippen molar-refractivity contribution >= 4 is 28.4 Å². The summed E-state index contributed by atoms with van der Waals surface area (Å²) >= 11 is 2.86. The summed E-state index contributed by atoms with van der Waals surface area (Å²) in [5.41, 5.74) is 1.59. The first kappa shape index (κ1) is 31.4. The predicted octanol–water partition coefficient (Wildman–Crippen LogP) is 8.77. The monoisotopic (exact) mass is 603 g/mol. The highest BCUT2D eigenvalue weighted by Crippen LogP contribution is 2.38. The van der Waals surface area contributed by atoms with Gasteiger partial charge in [-0.2, -0.15) is 5.26 Å². The Morgan fingerprint density at radius 2 is 1.68 bits per heavy atom. The van der Waals surface area contributed by atoms with Gasteiger partial charge in [-0.25, -0.2) is 4.98 Å². The van der Waals surface area contributed by atoms with E-state index in [1.807, 2.05) is 41.7 Å². The largest absolute Gasteiger partial charge is 0.573 e. The second kappa shape index (κ2) is 14.5. The van der Waals surface area contributed by atoms with E-state index in [2.05, 4.69) is 15.8 Å². The van der Waals surface area contributed by atoms with Gasteiger partial charge in [0.2, 0.25) is 0 Å². The number of thiazole rings is 1. The van der Waals surface area contributed by atoms with Crippen LogP contribution >= 0.6 is 23.3 Å². The zero-order valence-electron chi connectivity index (χ0n) is 23.0. The highest BCUT2D eigenvalue weighted by Gasteiger charge is 2.31. The molecule has 0 saturated carbocycles. The number of aromatic nitrogens is 1. The molecule has 0 saturated heterocycles. The van der Waals surface area contributed by atoms with Crippen molar-refractivity contribution in [1.82, 2.24) is 4.98 Å². The molecule has 3 aromatic carbocycles. The summed E-state index contributed by atoms with van der Waals surface area (Å²) in [6.07, 6.45) is -3.08. The topological polar surface area (TPSA) is 76.8 Å². The van der Waals surface area contributed by atoms with Crippen LogP contribution in [0.5, 0.6) is 28.7 Å². The molecule has 0 aliphatic rings. The van der Waals surface area contributed by atoms with Gasteiger partial charge in [-0.15, -0.1) is 24.5 Å². The zero-order valence-corrected chi connectivity index (χ0v) is 24.6. The van der Waals surface area contributed by atoms with Crippen LogP contribution in [0.3, 0.4) is 0 Å². The molecule has 12 heteroatoms. The van der Waals surface area contributed by atoms with E-state index in [0.717, 1.165) is 21.7 Å². The van der Waals surface area contributed by atoms with Crippen molar-refractivity contribution in [3.8, 4) is 34.8 Å². The molecule has 4 rings (SSSR count). The first-order valence-corrected chi connectivity index (χ1v) is 14.0. The second-order valence-corrected chi connectivity index (χ2v) is 9.94. The summed E-state index contributed by atoms with van der Waals surface area (Å²) < 4.78 is 60.2. The minimum atomic E-state index is -4.79. The van der Waals surface area contributed by atoms with Crippen LogP contribution in [0, 0.1) is 18.3 Å². The number of hydrogen-bond donors (Lipinski definition) is 0.